The Morgan fingerprint density at radius 2 is 2.00 bits per heavy atom. The summed E-state index contributed by atoms with van der Waals surface area (Å²) in [5.74, 6) is 0.129. The molecule has 0 saturated heterocycles. The minimum Gasteiger partial charge on any atom is -0.335 e. The third-order valence-electron chi connectivity index (χ3n) is 4.19. The molecule has 1 heterocycles. The highest BCUT2D eigenvalue weighted by Crippen LogP contribution is 2.41. The highest BCUT2D eigenvalue weighted by molar-refractivity contribution is 8.14. The van der Waals surface area contributed by atoms with Gasteiger partial charge in [0, 0.05) is 17.5 Å². The van der Waals surface area contributed by atoms with Gasteiger partial charge in [0.25, 0.3) is 0 Å². The van der Waals surface area contributed by atoms with Crippen molar-refractivity contribution in [3.8, 4) is 0 Å². The molecule has 3 rings (SSSR count). The molecule has 1 aromatic rings. The molecule has 0 bridgehead atoms. The average Bonchev–Trinajstić information content (AvgIpc) is 2.81. The lowest BCUT2D eigenvalue weighted by Crippen LogP contribution is -2.32. The molecule has 0 amide bonds. The van der Waals surface area contributed by atoms with Crippen molar-refractivity contribution in [3.05, 3.63) is 29.8 Å². The Balaban J connectivity index is 1.71. The van der Waals surface area contributed by atoms with Gasteiger partial charge in [0.2, 0.25) is 0 Å². The van der Waals surface area contributed by atoms with Gasteiger partial charge in [-0.25, -0.2) is 8.78 Å². The smallest absolute Gasteiger partial charge is 0.161 e. The lowest BCUT2D eigenvalue weighted by molar-refractivity contribution is 0.273. The number of amidine groups is 1. The molecule has 1 aliphatic carbocycles. The maximum absolute atomic E-state index is 13.2. The topological polar surface area (TPSA) is 24.4 Å². The van der Waals surface area contributed by atoms with Crippen molar-refractivity contribution in [2.24, 2.45) is 10.9 Å². The number of hydrogen-bond donors (Lipinski definition) is 1. The van der Waals surface area contributed by atoms with Crippen LogP contribution in [0.25, 0.3) is 0 Å². The van der Waals surface area contributed by atoms with Gasteiger partial charge in [-0.15, -0.1) is 0 Å². The molecule has 1 fully saturated rings. The van der Waals surface area contributed by atoms with E-state index >= 15 is 0 Å². The monoisotopic (exact) mass is 296 g/mol. The number of benzene rings is 1. The van der Waals surface area contributed by atoms with Crippen LogP contribution >= 0.6 is 11.8 Å². The molecular weight excluding hydrogens is 278 g/mol. The Hall–Kier alpha value is -1.10. The average molecular weight is 296 g/mol. The first-order valence-electron chi connectivity index (χ1n) is 7.01. The van der Waals surface area contributed by atoms with E-state index in [0.717, 1.165) is 35.7 Å². The molecule has 20 heavy (non-hydrogen) atoms. The molecule has 1 spiro atoms. The summed E-state index contributed by atoms with van der Waals surface area (Å²) in [6, 6.07) is 3.84. The number of aliphatic imine (C=N–C) groups is 1. The van der Waals surface area contributed by atoms with Crippen molar-refractivity contribution < 1.29 is 8.78 Å². The lowest BCUT2D eigenvalue weighted by atomic mass is 9.79. The molecule has 1 N–H and O–H groups in total. The van der Waals surface area contributed by atoms with Gasteiger partial charge in [-0.1, -0.05) is 18.7 Å². The number of halogens is 2. The van der Waals surface area contributed by atoms with E-state index in [2.05, 4.69) is 12.2 Å². The van der Waals surface area contributed by atoms with E-state index in [1.807, 2.05) is 0 Å². The van der Waals surface area contributed by atoms with Crippen molar-refractivity contribution in [2.45, 2.75) is 38.1 Å². The second kappa shape index (κ2) is 5.35. The van der Waals surface area contributed by atoms with Crippen LogP contribution < -0.4 is 5.32 Å². The van der Waals surface area contributed by atoms with Crippen molar-refractivity contribution >= 4 is 22.6 Å². The van der Waals surface area contributed by atoms with Crippen molar-refractivity contribution in [3.63, 3.8) is 0 Å². The fourth-order valence-corrected chi connectivity index (χ4v) is 4.01. The molecule has 1 aliphatic heterocycles. The van der Waals surface area contributed by atoms with E-state index in [9.17, 15) is 8.78 Å². The predicted molar refractivity (Wildman–Crippen MR) is 80.2 cm³/mol. The van der Waals surface area contributed by atoms with E-state index in [4.69, 9.17) is 4.99 Å². The SMILES string of the molecule is CC1CCC2(CC1)CSC(Nc1ccc(F)c(F)c1)=N2. The number of rotatable bonds is 1. The lowest BCUT2D eigenvalue weighted by Gasteiger charge is -2.32. The Labute approximate surface area is 122 Å². The summed E-state index contributed by atoms with van der Waals surface area (Å²) in [5.41, 5.74) is 0.620. The first-order valence-corrected chi connectivity index (χ1v) is 8.00. The second-order valence-corrected chi connectivity index (χ2v) is 6.83. The van der Waals surface area contributed by atoms with Gasteiger partial charge in [0.15, 0.2) is 16.8 Å². The number of hydrogen-bond acceptors (Lipinski definition) is 3. The number of anilines is 1. The van der Waals surface area contributed by atoms with Crippen molar-refractivity contribution in [1.82, 2.24) is 0 Å². The maximum Gasteiger partial charge on any atom is 0.161 e. The van der Waals surface area contributed by atoms with E-state index in [1.165, 1.54) is 25.0 Å². The molecule has 0 aromatic heterocycles. The first-order chi connectivity index (χ1) is 9.56. The molecular formula is C15H18F2N2S. The van der Waals surface area contributed by atoms with Crippen LogP contribution in [-0.4, -0.2) is 16.5 Å². The molecule has 1 saturated carbocycles. The van der Waals surface area contributed by atoms with Gasteiger partial charge in [0.05, 0.1) is 5.54 Å². The van der Waals surface area contributed by atoms with Crippen molar-refractivity contribution in [2.75, 3.05) is 11.1 Å². The van der Waals surface area contributed by atoms with Gasteiger partial charge in [0.1, 0.15) is 0 Å². The third-order valence-corrected chi connectivity index (χ3v) is 5.34. The second-order valence-electron chi connectivity index (χ2n) is 5.87. The fraction of sp³-hybridized carbons (Fsp3) is 0.533. The highest BCUT2D eigenvalue weighted by Gasteiger charge is 2.38. The predicted octanol–water partition coefficient (Wildman–Crippen LogP) is 4.43. The number of thioether (sulfide) groups is 1. The van der Waals surface area contributed by atoms with E-state index < -0.39 is 11.6 Å². The Kier molecular flexibility index (Phi) is 3.71. The standard InChI is InChI=1S/C15H18F2N2S/c1-10-4-6-15(7-5-10)9-20-14(19-15)18-11-2-3-12(16)13(17)8-11/h2-3,8,10H,4-7,9H2,1H3,(H,18,19). The van der Waals surface area contributed by atoms with E-state index in [-0.39, 0.29) is 5.54 Å². The third kappa shape index (κ3) is 2.82. The maximum atomic E-state index is 13.2. The summed E-state index contributed by atoms with van der Waals surface area (Å²) in [4.78, 5) is 4.81. The van der Waals surface area contributed by atoms with Gasteiger partial charge in [-0.2, -0.15) is 0 Å². The van der Waals surface area contributed by atoms with Gasteiger partial charge in [-0.05, 0) is 43.7 Å². The van der Waals surface area contributed by atoms with Crippen LogP contribution in [0.15, 0.2) is 23.2 Å². The highest BCUT2D eigenvalue weighted by atomic mass is 32.2. The Bertz CT molecular complexity index is 537. The van der Waals surface area contributed by atoms with Crippen molar-refractivity contribution in [1.29, 1.82) is 0 Å². The number of nitrogens with zero attached hydrogens (tertiary/aromatic N) is 1. The first kappa shape index (κ1) is 13.9. The van der Waals surface area contributed by atoms with Crippen LogP contribution in [-0.2, 0) is 0 Å². The zero-order valence-electron chi connectivity index (χ0n) is 11.5. The normalized spacial score (nSPS) is 29.6. The van der Waals surface area contributed by atoms with E-state index in [0.29, 0.717) is 5.69 Å². The fourth-order valence-electron chi connectivity index (χ4n) is 2.80. The number of nitrogens with one attached hydrogen (secondary N) is 1. The largest absolute Gasteiger partial charge is 0.335 e. The van der Waals surface area contributed by atoms with Gasteiger partial charge < -0.3 is 5.32 Å². The minimum atomic E-state index is -0.834. The van der Waals surface area contributed by atoms with Gasteiger partial charge in [-0.3, -0.25) is 4.99 Å². The molecule has 0 unspecified atom stereocenters. The minimum absolute atomic E-state index is 0.0675. The van der Waals surface area contributed by atoms with E-state index in [1.54, 1.807) is 11.8 Å². The summed E-state index contributed by atoms with van der Waals surface area (Å²) in [5, 5.41) is 3.92. The Morgan fingerprint density at radius 1 is 1.25 bits per heavy atom. The molecule has 1 aromatic carbocycles. The molecule has 108 valence electrons. The molecule has 0 atom stereocenters. The van der Waals surface area contributed by atoms with Crippen LogP contribution in [0, 0.1) is 17.6 Å². The summed E-state index contributed by atoms with van der Waals surface area (Å²) in [6.07, 6.45) is 4.71. The summed E-state index contributed by atoms with van der Waals surface area (Å²) in [6.45, 7) is 2.29. The van der Waals surface area contributed by atoms with Crippen LogP contribution in [0.5, 0.6) is 0 Å². The van der Waals surface area contributed by atoms with Crippen LogP contribution in [0.1, 0.15) is 32.6 Å². The molecule has 2 nitrogen and oxygen atoms in total. The zero-order valence-corrected chi connectivity index (χ0v) is 12.3. The quantitative estimate of drug-likeness (QED) is 0.829. The molecule has 0 radical (unpaired) electrons. The Morgan fingerprint density at radius 3 is 2.70 bits per heavy atom. The van der Waals surface area contributed by atoms with Gasteiger partial charge >= 0.3 is 0 Å². The van der Waals surface area contributed by atoms with Crippen LogP contribution in [0.4, 0.5) is 14.5 Å². The molecule has 2 aliphatic rings. The zero-order chi connectivity index (χ0) is 14.2. The van der Waals surface area contributed by atoms with Crippen LogP contribution in [0.2, 0.25) is 0 Å². The summed E-state index contributed by atoms with van der Waals surface area (Å²) >= 11 is 1.68. The summed E-state index contributed by atoms with van der Waals surface area (Å²) < 4.78 is 26.1. The molecule has 5 heteroatoms. The summed E-state index contributed by atoms with van der Waals surface area (Å²) in [7, 11) is 0. The van der Waals surface area contributed by atoms with Crippen LogP contribution in [0.3, 0.4) is 0 Å².